The third-order valence-corrected chi connectivity index (χ3v) is 2.68. The number of hydrogen-bond donors (Lipinski definition) is 3. The molecule has 1 rings (SSSR count). The number of hydrogen-bond acceptors (Lipinski definition) is 4. The highest BCUT2D eigenvalue weighted by molar-refractivity contribution is 5.77. The molecule has 3 N–H and O–H groups in total. The molecule has 20 heavy (non-hydrogen) atoms. The smallest absolute Gasteiger partial charge is 0.233 e. The lowest BCUT2D eigenvalue weighted by atomic mass is 10.1. The van der Waals surface area contributed by atoms with Crippen LogP contribution < -0.4 is 15.4 Å². The van der Waals surface area contributed by atoms with Gasteiger partial charge in [-0.1, -0.05) is 6.07 Å². The van der Waals surface area contributed by atoms with Crippen LogP contribution in [0, 0.1) is 13.8 Å². The van der Waals surface area contributed by atoms with E-state index in [-0.39, 0.29) is 19.1 Å². The molecular weight excluding hydrogens is 256 g/mol. The van der Waals surface area contributed by atoms with Gasteiger partial charge in [0.05, 0.1) is 6.54 Å². The number of aliphatic hydroxyl groups is 1. The number of nitrogens with one attached hydrogen (secondary N) is 2. The van der Waals surface area contributed by atoms with Crippen molar-refractivity contribution < 1.29 is 14.6 Å². The number of benzene rings is 1. The Hall–Kier alpha value is -1.59. The monoisotopic (exact) mass is 280 g/mol. The molecule has 1 aromatic rings. The molecule has 0 heterocycles. The van der Waals surface area contributed by atoms with Gasteiger partial charge >= 0.3 is 0 Å². The fourth-order valence-electron chi connectivity index (χ4n) is 1.88. The first-order valence-corrected chi connectivity index (χ1v) is 6.87. The van der Waals surface area contributed by atoms with E-state index >= 15 is 0 Å². The number of amides is 1. The van der Waals surface area contributed by atoms with Crippen LogP contribution in [0.2, 0.25) is 0 Å². The van der Waals surface area contributed by atoms with Crippen LogP contribution in [-0.4, -0.2) is 43.4 Å². The third kappa shape index (κ3) is 6.54. The first kappa shape index (κ1) is 16.5. The molecule has 0 spiro atoms. The Morgan fingerprint density at radius 3 is 2.55 bits per heavy atom. The number of carbonyl (C=O) groups is 1. The molecule has 1 amide bonds. The minimum Gasteiger partial charge on any atom is -0.491 e. The molecule has 0 aliphatic rings. The van der Waals surface area contributed by atoms with E-state index in [1.807, 2.05) is 32.9 Å². The van der Waals surface area contributed by atoms with E-state index in [1.54, 1.807) is 0 Å². The Balaban J connectivity index is 2.25. The topological polar surface area (TPSA) is 70.6 Å². The number of aryl methyl sites for hydroxylation is 2. The van der Waals surface area contributed by atoms with Crippen molar-refractivity contribution in [3.63, 3.8) is 0 Å². The predicted octanol–water partition coefficient (Wildman–Crippen LogP) is 0.769. The molecule has 112 valence electrons. The molecule has 0 aromatic heterocycles. The van der Waals surface area contributed by atoms with Gasteiger partial charge < -0.3 is 20.5 Å². The van der Waals surface area contributed by atoms with Crippen LogP contribution in [0.4, 0.5) is 0 Å². The highest BCUT2D eigenvalue weighted by Crippen LogP contribution is 2.16. The molecule has 0 aliphatic heterocycles. The van der Waals surface area contributed by atoms with Gasteiger partial charge in [-0.15, -0.1) is 0 Å². The highest BCUT2D eigenvalue weighted by Gasteiger charge is 2.07. The molecule has 5 nitrogen and oxygen atoms in total. The SMILES string of the molecule is CCNC(=O)CNCC(O)COc1cc(C)cc(C)c1. The summed E-state index contributed by atoms with van der Waals surface area (Å²) in [6.07, 6.45) is -0.648. The quantitative estimate of drug-likeness (QED) is 0.658. The number of ether oxygens (including phenoxy) is 1. The minimum absolute atomic E-state index is 0.0741. The third-order valence-electron chi connectivity index (χ3n) is 2.68. The summed E-state index contributed by atoms with van der Waals surface area (Å²) < 4.78 is 5.54. The molecule has 0 fully saturated rings. The van der Waals surface area contributed by atoms with Crippen molar-refractivity contribution in [2.24, 2.45) is 0 Å². The molecule has 5 heteroatoms. The Bertz CT molecular complexity index is 415. The number of likely N-dealkylation sites (N-methyl/N-ethyl adjacent to an activating group) is 1. The van der Waals surface area contributed by atoms with E-state index in [0.29, 0.717) is 13.1 Å². The minimum atomic E-state index is -0.648. The zero-order chi connectivity index (χ0) is 15.0. The second-order valence-corrected chi connectivity index (χ2v) is 4.87. The lowest BCUT2D eigenvalue weighted by Crippen LogP contribution is -2.38. The van der Waals surface area contributed by atoms with Gasteiger partial charge in [0, 0.05) is 13.1 Å². The van der Waals surface area contributed by atoms with Gasteiger partial charge in [0.25, 0.3) is 0 Å². The molecule has 0 aliphatic carbocycles. The molecular formula is C15H24N2O3. The van der Waals surface area contributed by atoms with Crippen molar-refractivity contribution >= 4 is 5.91 Å². The average molecular weight is 280 g/mol. The van der Waals surface area contributed by atoms with Crippen molar-refractivity contribution in [2.45, 2.75) is 26.9 Å². The second-order valence-electron chi connectivity index (χ2n) is 4.87. The second kappa shape index (κ2) is 8.55. The molecule has 0 bridgehead atoms. The maximum absolute atomic E-state index is 11.2. The first-order valence-electron chi connectivity index (χ1n) is 6.87. The van der Waals surface area contributed by atoms with Crippen molar-refractivity contribution in [2.75, 3.05) is 26.2 Å². The van der Waals surface area contributed by atoms with Gasteiger partial charge in [-0.2, -0.15) is 0 Å². The van der Waals surface area contributed by atoms with Crippen LogP contribution in [-0.2, 0) is 4.79 Å². The summed E-state index contributed by atoms with van der Waals surface area (Å²) in [5, 5.41) is 15.3. The fraction of sp³-hybridized carbons (Fsp3) is 0.533. The van der Waals surface area contributed by atoms with Gasteiger partial charge in [0.1, 0.15) is 18.5 Å². The number of rotatable bonds is 8. The van der Waals surface area contributed by atoms with Gasteiger partial charge in [0.2, 0.25) is 5.91 Å². The lowest BCUT2D eigenvalue weighted by Gasteiger charge is -2.14. The fourth-order valence-corrected chi connectivity index (χ4v) is 1.88. The number of carbonyl (C=O) groups excluding carboxylic acids is 1. The Morgan fingerprint density at radius 1 is 1.30 bits per heavy atom. The van der Waals surface area contributed by atoms with E-state index < -0.39 is 6.10 Å². The van der Waals surface area contributed by atoms with Crippen LogP contribution in [0.3, 0.4) is 0 Å². The van der Waals surface area contributed by atoms with Gasteiger partial charge in [0.15, 0.2) is 0 Å². The molecule has 0 saturated heterocycles. The van der Waals surface area contributed by atoms with E-state index in [9.17, 15) is 9.90 Å². The summed E-state index contributed by atoms with van der Waals surface area (Å²) in [5.74, 6) is 0.681. The molecule has 0 saturated carbocycles. The van der Waals surface area contributed by atoms with Crippen LogP contribution >= 0.6 is 0 Å². The molecule has 1 unspecified atom stereocenters. The Labute approximate surface area is 120 Å². The summed E-state index contributed by atoms with van der Waals surface area (Å²) in [4.78, 5) is 11.2. The lowest BCUT2D eigenvalue weighted by molar-refractivity contribution is -0.120. The van der Waals surface area contributed by atoms with Crippen molar-refractivity contribution in [1.82, 2.24) is 10.6 Å². The standard InChI is InChI=1S/C15H24N2O3/c1-4-17-15(19)9-16-8-13(18)10-20-14-6-11(2)5-12(3)7-14/h5-7,13,16,18H,4,8-10H2,1-3H3,(H,17,19). The summed E-state index contributed by atoms with van der Waals surface area (Å²) in [6, 6.07) is 5.93. The van der Waals surface area contributed by atoms with Crippen molar-refractivity contribution in [3.8, 4) is 5.75 Å². The van der Waals surface area contributed by atoms with Gasteiger partial charge in [-0.05, 0) is 44.0 Å². The summed E-state index contributed by atoms with van der Waals surface area (Å²) in [5.41, 5.74) is 2.26. The van der Waals surface area contributed by atoms with Crippen molar-refractivity contribution in [1.29, 1.82) is 0 Å². The van der Waals surface area contributed by atoms with Gasteiger partial charge in [-0.25, -0.2) is 0 Å². The van der Waals surface area contributed by atoms with Crippen LogP contribution in [0.15, 0.2) is 18.2 Å². The van der Waals surface area contributed by atoms with E-state index in [4.69, 9.17) is 4.74 Å². The predicted molar refractivity (Wildman–Crippen MR) is 79.0 cm³/mol. The largest absolute Gasteiger partial charge is 0.491 e. The normalized spacial score (nSPS) is 12.0. The first-order chi connectivity index (χ1) is 9.51. The van der Waals surface area contributed by atoms with E-state index in [0.717, 1.165) is 16.9 Å². The van der Waals surface area contributed by atoms with Gasteiger partial charge in [-0.3, -0.25) is 4.79 Å². The zero-order valence-electron chi connectivity index (χ0n) is 12.4. The molecule has 1 aromatic carbocycles. The van der Waals surface area contributed by atoms with Crippen LogP contribution in [0.25, 0.3) is 0 Å². The Morgan fingerprint density at radius 2 is 1.95 bits per heavy atom. The average Bonchev–Trinajstić information content (AvgIpc) is 2.35. The Kier molecular flexibility index (Phi) is 7.04. The molecule has 0 radical (unpaired) electrons. The van der Waals surface area contributed by atoms with Crippen LogP contribution in [0.5, 0.6) is 5.75 Å². The summed E-state index contributed by atoms with van der Waals surface area (Å²) in [6.45, 7) is 7.21. The van der Waals surface area contributed by atoms with Crippen molar-refractivity contribution in [3.05, 3.63) is 29.3 Å². The summed E-state index contributed by atoms with van der Waals surface area (Å²) >= 11 is 0. The molecule has 1 atom stereocenters. The van der Waals surface area contributed by atoms with Crippen LogP contribution in [0.1, 0.15) is 18.1 Å². The highest BCUT2D eigenvalue weighted by atomic mass is 16.5. The maximum Gasteiger partial charge on any atom is 0.233 e. The maximum atomic E-state index is 11.2. The zero-order valence-corrected chi connectivity index (χ0v) is 12.4. The number of aliphatic hydroxyl groups excluding tert-OH is 1. The van der Waals surface area contributed by atoms with E-state index in [1.165, 1.54) is 0 Å². The summed E-state index contributed by atoms with van der Waals surface area (Å²) in [7, 11) is 0. The van der Waals surface area contributed by atoms with E-state index in [2.05, 4.69) is 16.7 Å².